The average Bonchev–Trinajstić information content (AvgIpc) is 2.91. The van der Waals surface area contributed by atoms with Gasteiger partial charge in [0.25, 0.3) is 0 Å². The number of hydrogen-bond donors (Lipinski definition) is 2. The molecule has 30 heavy (non-hydrogen) atoms. The molecule has 0 saturated carbocycles. The molecule has 0 saturated heterocycles. The smallest absolute Gasteiger partial charge is 0.239 e. The summed E-state index contributed by atoms with van der Waals surface area (Å²) in [6.45, 7) is 4.54. The molecule has 1 aromatic heterocycles. The van der Waals surface area contributed by atoms with Crippen LogP contribution >= 0.6 is 0 Å². The lowest BCUT2D eigenvalue weighted by Gasteiger charge is -2.20. The maximum atomic E-state index is 13.2. The quantitative estimate of drug-likeness (QED) is 0.611. The van der Waals surface area contributed by atoms with Crippen LogP contribution in [0.4, 0.5) is 10.2 Å². The second-order valence-electron chi connectivity index (χ2n) is 6.98. The molecule has 3 N–H and O–H groups in total. The second kappa shape index (κ2) is 10.5. The van der Waals surface area contributed by atoms with E-state index in [4.69, 9.17) is 10.5 Å². The van der Waals surface area contributed by atoms with Crippen LogP contribution in [-0.4, -0.2) is 54.6 Å². The summed E-state index contributed by atoms with van der Waals surface area (Å²) < 4.78 is 20.0. The average molecular weight is 415 g/mol. The van der Waals surface area contributed by atoms with E-state index in [-0.39, 0.29) is 24.8 Å². The van der Waals surface area contributed by atoms with Crippen molar-refractivity contribution >= 4 is 17.6 Å². The van der Waals surface area contributed by atoms with Gasteiger partial charge in [-0.25, -0.2) is 4.39 Å². The third kappa shape index (κ3) is 5.89. The minimum atomic E-state index is -0.553. The Morgan fingerprint density at radius 1 is 1.27 bits per heavy atom. The van der Waals surface area contributed by atoms with E-state index in [0.29, 0.717) is 31.1 Å². The molecule has 2 amide bonds. The number of carbonyl (C=O) groups excluding carboxylic acids is 2. The molecule has 1 aromatic carbocycles. The van der Waals surface area contributed by atoms with Gasteiger partial charge in [-0.05, 0) is 37.1 Å². The summed E-state index contributed by atoms with van der Waals surface area (Å²) in [5.74, 6) is -0.909. The van der Waals surface area contributed by atoms with Gasteiger partial charge in [0.2, 0.25) is 11.8 Å². The van der Waals surface area contributed by atoms with E-state index in [1.54, 1.807) is 17.0 Å². The molecule has 160 valence electrons. The van der Waals surface area contributed by atoms with E-state index in [1.807, 2.05) is 18.4 Å². The van der Waals surface area contributed by atoms with Crippen LogP contribution in [-0.2, 0) is 20.9 Å². The SMILES string of the molecule is COCCN(CC(N)=O)CC(=O)Nc1c(C#N)c(C)c(C)n1Cc1ccc(F)cc1. The van der Waals surface area contributed by atoms with Crippen molar-refractivity contribution in [1.29, 1.82) is 5.26 Å². The number of nitrogens with one attached hydrogen (secondary N) is 1. The first-order valence-electron chi connectivity index (χ1n) is 9.40. The monoisotopic (exact) mass is 415 g/mol. The molecule has 2 rings (SSSR count). The topological polar surface area (TPSA) is 113 Å². The first-order valence-corrected chi connectivity index (χ1v) is 9.40. The Morgan fingerprint density at radius 3 is 2.50 bits per heavy atom. The van der Waals surface area contributed by atoms with Gasteiger partial charge in [0.05, 0.1) is 25.3 Å². The summed E-state index contributed by atoms with van der Waals surface area (Å²) in [7, 11) is 1.52. The van der Waals surface area contributed by atoms with Gasteiger partial charge in [-0.15, -0.1) is 0 Å². The molecular weight excluding hydrogens is 389 g/mol. The highest BCUT2D eigenvalue weighted by molar-refractivity contribution is 5.93. The van der Waals surface area contributed by atoms with E-state index < -0.39 is 5.91 Å². The minimum Gasteiger partial charge on any atom is -0.383 e. The zero-order valence-electron chi connectivity index (χ0n) is 17.4. The van der Waals surface area contributed by atoms with Gasteiger partial charge in [-0.2, -0.15) is 5.26 Å². The molecule has 0 spiro atoms. The highest BCUT2D eigenvalue weighted by Gasteiger charge is 2.21. The molecule has 0 aliphatic carbocycles. The summed E-state index contributed by atoms with van der Waals surface area (Å²) in [5.41, 5.74) is 8.01. The Balaban J connectivity index is 2.27. The van der Waals surface area contributed by atoms with Crippen LogP contribution in [0.5, 0.6) is 0 Å². The highest BCUT2D eigenvalue weighted by atomic mass is 19.1. The normalized spacial score (nSPS) is 10.8. The molecule has 0 bridgehead atoms. The van der Waals surface area contributed by atoms with Crippen molar-refractivity contribution in [3.63, 3.8) is 0 Å². The number of halogens is 1. The molecule has 0 aliphatic rings. The lowest BCUT2D eigenvalue weighted by atomic mass is 10.2. The van der Waals surface area contributed by atoms with Crippen molar-refractivity contribution in [3.05, 3.63) is 52.5 Å². The maximum Gasteiger partial charge on any atom is 0.239 e. The predicted octanol–water partition coefficient (Wildman–Crippen LogP) is 1.54. The summed E-state index contributed by atoms with van der Waals surface area (Å²) in [4.78, 5) is 25.5. The molecule has 0 fully saturated rings. The molecular formula is C21H26FN5O3. The second-order valence-corrected chi connectivity index (χ2v) is 6.98. The number of amides is 2. The molecule has 1 heterocycles. The number of primary amides is 1. The van der Waals surface area contributed by atoms with E-state index >= 15 is 0 Å². The van der Waals surface area contributed by atoms with Gasteiger partial charge in [-0.1, -0.05) is 12.1 Å². The fourth-order valence-corrected chi connectivity index (χ4v) is 3.13. The van der Waals surface area contributed by atoms with Crippen molar-refractivity contribution in [2.24, 2.45) is 5.73 Å². The zero-order valence-corrected chi connectivity index (χ0v) is 17.4. The lowest BCUT2D eigenvalue weighted by molar-refractivity contribution is -0.121. The molecule has 9 heteroatoms. The standard InChI is InChI=1S/C21H26FN5O3/c1-14-15(2)27(11-16-4-6-17(22)7-5-16)21(18(14)10-23)25-20(29)13-26(8-9-30-3)12-19(24)28/h4-7H,8-9,11-13H2,1-3H3,(H2,24,28)(H,25,29). The Morgan fingerprint density at radius 2 is 1.93 bits per heavy atom. The summed E-state index contributed by atoms with van der Waals surface area (Å²) in [5, 5.41) is 12.4. The van der Waals surface area contributed by atoms with Gasteiger partial charge in [-0.3, -0.25) is 14.5 Å². The third-order valence-electron chi connectivity index (χ3n) is 4.81. The van der Waals surface area contributed by atoms with Gasteiger partial charge in [0.15, 0.2) is 0 Å². The number of anilines is 1. The van der Waals surface area contributed by atoms with Crippen molar-refractivity contribution in [3.8, 4) is 6.07 Å². The van der Waals surface area contributed by atoms with Crippen LogP contribution in [0.2, 0.25) is 0 Å². The van der Waals surface area contributed by atoms with Crippen LogP contribution in [0.1, 0.15) is 22.4 Å². The van der Waals surface area contributed by atoms with Crippen LogP contribution in [0.25, 0.3) is 0 Å². The lowest BCUT2D eigenvalue weighted by Crippen LogP contribution is -2.41. The van der Waals surface area contributed by atoms with Crippen molar-refractivity contribution in [1.82, 2.24) is 9.47 Å². The minimum absolute atomic E-state index is 0.0863. The van der Waals surface area contributed by atoms with Crippen LogP contribution in [0, 0.1) is 31.0 Å². The fourth-order valence-electron chi connectivity index (χ4n) is 3.13. The fraction of sp³-hybridized carbons (Fsp3) is 0.381. The Kier molecular flexibility index (Phi) is 8.09. The molecule has 8 nitrogen and oxygen atoms in total. The number of nitrogens with zero attached hydrogens (tertiary/aromatic N) is 3. The number of carbonyl (C=O) groups is 2. The first-order chi connectivity index (χ1) is 14.3. The molecule has 2 aromatic rings. The largest absolute Gasteiger partial charge is 0.383 e. The molecule has 0 atom stereocenters. The van der Waals surface area contributed by atoms with Crippen molar-refractivity contribution in [2.75, 3.05) is 38.7 Å². The number of rotatable bonds is 10. The Bertz CT molecular complexity index is 947. The summed E-state index contributed by atoms with van der Waals surface area (Å²) in [6, 6.07) is 8.18. The van der Waals surface area contributed by atoms with Crippen LogP contribution in [0.15, 0.2) is 24.3 Å². The summed E-state index contributed by atoms with van der Waals surface area (Å²) >= 11 is 0. The van der Waals surface area contributed by atoms with Crippen molar-refractivity contribution in [2.45, 2.75) is 20.4 Å². The molecule has 0 aliphatic heterocycles. The van der Waals surface area contributed by atoms with Gasteiger partial charge < -0.3 is 20.4 Å². The maximum absolute atomic E-state index is 13.2. The number of nitriles is 1. The highest BCUT2D eigenvalue weighted by Crippen LogP contribution is 2.27. The number of aromatic nitrogens is 1. The Labute approximate surface area is 175 Å². The number of nitrogens with two attached hydrogens (primary N) is 1. The number of benzene rings is 1. The van der Waals surface area contributed by atoms with Gasteiger partial charge >= 0.3 is 0 Å². The third-order valence-corrected chi connectivity index (χ3v) is 4.81. The van der Waals surface area contributed by atoms with Gasteiger partial charge in [0.1, 0.15) is 17.7 Å². The van der Waals surface area contributed by atoms with E-state index in [0.717, 1.165) is 16.8 Å². The van der Waals surface area contributed by atoms with Gasteiger partial charge in [0, 0.05) is 25.9 Å². The summed E-state index contributed by atoms with van der Waals surface area (Å²) in [6.07, 6.45) is 0. The number of ether oxygens (including phenoxy) is 1. The Hall–Kier alpha value is -3.22. The first kappa shape index (κ1) is 23.1. The van der Waals surface area contributed by atoms with E-state index in [2.05, 4.69) is 11.4 Å². The van der Waals surface area contributed by atoms with Crippen LogP contribution < -0.4 is 11.1 Å². The van der Waals surface area contributed by atoms with Crippen LogP contribution in [0.3, 0.4) is 0 Å². The zero-order chi connectivity index (χ0) is 22.3. The molecule has 0 radical (unpaired) electrons. The van der Waals surface area contributed by atoms with E-state index in [9.17, 15) is 19.2 Å². The predicted molar refractivity (Wildman–Crippen MR) is 110 cm³/mol. The number of methoxy groups -OCH3 is 1. The molecule has 0 unspecified atom stereocenters. The van der Waals surface area contributed by atoms with E-state index in [1.165, 1.54) is 19.2 Å². The number of hydrogen-bond acceptors (Lipinski definition) is 5. The van der Waals surface area contributed by atoms with Crippen molar-refractivity contribution < 1.29 is 18.7 Å².